The zero-order chi connectivity index (χ0) is 13.4. The van der Waals surface area contributed by atoms with E-state index in [0.717, 1.165) is 0 Å². The fourth-order valence-electron chi connectivity index (χ4n) is 3.14. The maximum Gasteiger partial charge on any atom is 0.00357 e. The van der Waals surface area contributed by atoms with Gasteiger partial charge in [-0.05, 0) is 64.7 Å². The molecule has 0 aromatic heterocycles. The van der Waals surface area contributed by atoms with Crippen molar-refractivity contribution in [3.63, 3.8) is 0 Å². The molecule has 1 aliphatic rings. The first-order valence-electron chi connectivity index (χ1n) is 8.05. The molecule has 1 saturated heterocycles. The first-order valence-corrected chi connectivity index (χ1v) is 8.05. The van der Waals surface area contributed by atoms with Crippen LogP contribution in [-0.4, -0.2) is 37.6 Å². The minimum atomic E-state index is 0.678. The van der Waals surface area contributed by atoms with Crippen LogP contribution in [0.15, 0.2) is 0 Å². The summed E-state index contributed by atoms with van der Waals surface area (Å²) in [6.07, 6.45) is 9.65. The average molecular weight is 254 g/mol. The van der Waals surface area contributed by atoms with Gasteiger partial charge in [-0.1, -0.05) is 33.1 Å². The Balaban J connectivity index is 2.12. The van der Waals surface area contributed by atoms with Crippen molar-refractivity contribution in [2.45, 2.75) is 71.8 Å². The van der Waals surface area contributed by atoms with Crippen LogP contribution in [0.2, 0.25) is 0 Å². The van der Waals surface area contributed by atoms with Crippen molar-refractivity contribution >= 4 is 0 Å². The number of nitrogens with zero attached hydrogens (tertiary/aromatic N) is 1. The predicted octanol–water partition coefficient (Wildman–Crippen LogP) is 3.67. The topological polar surface area (TPSA) is 15.3 Å². The molecule has 1 rings (SSSR count). The summed E-state index contributed by atoms with van der Waals surface area (Å²) in [7, 11) is 2.06. The van der Waals surface area contributed by atoms with Crippen LogP contribution in [0.3, 0.4) is 0 Å². The van der Waals surface area contributed by atoms with Gasteiger partial charge in [0.1, 0.15) is 0 Å². The predicted molar refractivity (Wildman–Crippen MR) is 81.1 cm³/mol. The highest BCUT2D eigenvalue weighted by Gasteiger charge is 2.30. The van der Waals surface area contributed by atoms with Crippen LogP contribution in [0.4, 0.5) is 0 Å². The van der Waals surface area contributed by atoms with E-state index in [9.17, 15) is 0 Å². The highest BCUT2D eigenvalue weighted by molar-refractivity contribution is 4.83. The molecule has 0 aliphatic carbocycles. The standard InChI is InChI=1S/C16H34N2/c1-5-16(6-2)10-13-18(14-11-16)12-8-7-9-15(3)17-4/h15,17H,5-14H2,1-4H3. The molecule has 0 amide bonds. The van der Waals surface area contributed by atoms with E-state index in [1.54, 1.807) is 0 Å². The van der Waals surface area contributed by atoms with Gasteiger partial charge >= 0.3 is 0 Å². The summed E-state index contributed by atoms with van der Waals surface area (Å²) in [5.41, 5.74) is 0.678. The quantitative estimate of drug-likeness (QED) is 0.665. The van der Waals surface area contributed by atoms with Crippen molar-refractivity contribution in [2.24, 2.45) is 5.41 Å². The molecule has 1 fully saturated rings. The van der Waals surface area contributed by atoms with E-state index in [1.165, 1.54) is 64.6 Å². The monoisotopic (exact) mass is 254 g/mol. The van der Waals surface area contributed by atoms with Gasteiger partial charge in [0.2, 0.25) is 0 Å². The van der Waals surface area contributed by atoms with Gasteiger partial charge in [0, 0.05) is 6.04 Å². The lowest BCUT2D eigenvalue weighted by atomic mass is 9.74. The van der Waals surface area contributed by atoms with Crippen LogP contribution in [-0.2, 0) is 0 Å². The highest BCUT2D eigenvalue weighted by Crippen LogP contribution is 2.37. The Labute approximate surface area is 115 Å². The number of unbranched alkanes of at least 4 members (excludes halogenated alkanes) is 1. The van der Waals surface area contributed by atoms with Gasteiger partial charge in [-0.15, -0.1) is 0 Å². The Morgan fingerprint density at radius 3 is 2.22 bits per heavy atom. The second-order valence-electron chi connectivity index (χ2n) is 6.23. The van der Waals surface area contributed by atoms with E-state index in [4.69, 9.17) is 0 Å². The number of nitrogens with one attached hydrogen (secondary N) is 1. The SMILES string of the molecule is CCC1(CC)CCN(CCCCC(C)NC)CC1. The minimum absolute atomic E-state index is 0.678. The van der Waals surface area contributed by atoms with Crippen LogP contribution in [0.1, 0.15) is 65.7 Å². The first-order chi connectivity index (χ1) is 8.65. The Morgan fingerprint density at radius 2 is 1.72 bits per heavy atom. The lowest BCUT2D eigenvalue weighted by molar-refractivity contribution is 0.0941. The molecule has 0 aromatic carbocycles. The second kappa shape index (κ2) is 8.16. The van der Waals surface area contributed by atoms with Crippen molar-refractivity contribution in [3.8, 4) is 0 Å². The molecule has 0 bridgehead atoms. The molecule has 0 aromatic rings. The van der Waals surface area contributed by atoms with Gasteiger partial charge in [0.25, 0.3) is 0 Å². The second-order valence-corrected chi connectivity index (χ2v) is 6.23. The fraction of sp³-hybridized carbons (Fsp3) is 1.00. The van der Waals surface area contributed by atoms with Crippen molar-refractivity contribution in [3.05, 3.63) is 0 Å². The number of piperidine rings is 1. The van der Waals surface area contributed by atoms with E-state index < -0.39 is 0 Å². The molecule has 108 valence electrons. The van der Waals surface area contributed by atoms with Crippen molar-refractivity contribution < 1.29 is 0 Å². The zero-order valence-electron chi connectivity index (χ0n) is 13.1. The van der Waals surface area contributed by atoms with E-state index in [0.29, 0.717) is 11.5 Å². The highest BCUT2D eigenvalue weighted by atomic mass is 15.1. The molecular weight excluding hydrogens is 220 g/mol. The third kappa shape index (κ3) is 4.89. The van der Waals surface area contributed by atoms with E-state index in [1.807, 2.05) is 0 Å². The molecule has 1 atom stereocenters. The van der Waals surface area contributed by atoms with Crippen LogP contribution in [0.25, 0.3) is 0 Å². The molecule has 2 heteroatoms. The lowest BCUT2D eigenvalue weighted by Gasteiger charge is -2.41. The number of hydrogen-bond acceptors (Lipinski definition) is 2. The molecule has 0 spiro atoms. The smallest absolute Gasteiger partial charge is 0.00357 e. The van der Waals surface area contributed by atoms with Gasteiger partial charge in [-0.3, -0.25) is 0 Å². The molecular formula is C16H34N2. The Kier molecular flexibility index (Phi) is 7.25. The summed E-state index contributed by atoms with van der Waals surface area (Å²) in [6, 6.07) is 0.680. The van der Waals surface area contributed by atoms with Crippen LogP contribution < -0.4 is 5.32 Å². The van der Waals surface area contributed by atoms with Crippen molar-refractivity contribution in [1.29, 1.82) is 0 Å². The van der Waals surface area contributed by atoms with Gasteiger partial charge in [-0.25, -0.2) is 0 Å². The molecule has 1 aliphatic heterocycles. The minimum Gasteiger partial charge on any atom is -0.317 e. The summed E-state index contributed by atoms with van der Waals surface area (Å²) in [5.74, 6) is 0. The molecule has 1 heterocycles. The third-order valence-corrected chi connectivity index (χ3v) is 5.27. The van der Waals surface area contributed by atoms with Gasteiger partial charge in [-0.2, -0.15) is 0 Å². The third-order valence-electron chi connectivity index (χ3n) is 5.27. The van der Waals surface area contributed by atoms with Crippen LogP contribution in [0.5, 0.6) is 0 Å². The van der Waals surface area contributed by atoms with Crippen LogP contribution in [0, 0.1) is 5.41 Å². The van der Waals surface area contributed by atoms with Gasteiger partial charge in [0.15, 0.2) is 0 Å². The van der Waals surface area contributed by atoms with Gasteiger partial charge in [0.05, 0.1) is 0 Å². The number of hydrogen-bond donors (Lipinski definition) is 1. The molecule has 0 saturated carbocycles. The Hall–Kier alpha value is -0.0800. The summed E-state index contributed by atoms with van der Waals surface area (Å²) < 4.78 is 0. The normalized spacial score (nSPS) is 22.0. The maximum absolute atomic E-state index is 3.32. The van der Waals surface area contributed by atoms with Crippen molar-refractivity contribution in [2.75, 3.05) is 26.7 Å². The summed E-state index contributed by atoms with van der Waals surface area (Å²) >= 11 is 0. The van der Waals surface area contributed by atoms with E-state index >= 15 is 0 Å². The Bertz CT molecular complexity index is 201. The summed E-state index contributed by atoms with van der Waals surface area (Å²) in [4.78, 5) is 2.69. The number of likely N-dealkylation sites (tertiary alicyclic amines) is 1. The molecule has 0 radical (unpaired) electrons. The molecule has 1 N–H and O–H groups in total. The summed E-state index contributed by atoms with van der Waals surface area (Å²) in [5, 5.41) is 3.32. The Morgan fingerprint density at radius 1 is 1.11 bits per heavy atom. The van der Waals surface area contributed by atoms with Crippen LogP contribution >= 0.6 is 0 Å². The molecule has 18 heavy (non-hydrogen) atoms. The van der Waals surface area contributed by atoms with Gasteiger partial charge < -0.3 is 10.2 Å². The molecule has 2 nitrogen and oxygen atoms in total. The van der Waals surface area contributed by atoms with E-state index in [2.05, 4.69) is 38.0 Å². The average Bonchev–Trinajstić information content (AvgIpc) is 2.44. The van der Waals surface area contributed by atoms with Crippen molar-refractivity contribution in [1.82, 2.24) is 10.2 Å². The van der Waals surface area contributed by atoms with E-state index in [-0.39, 0.29) is 0 Å². The summed E-state index contributed by atoms with van der Waals surface area (Å²) in [6.45, 7) is 11.0. The number of rotatable bonds is 8. The largest absolute Gasteiger partial charge is 0.317 e. The zero-order valence-corrected chi connectivity index (χ0v) is 13.1. The lowest BCUT2D eigenvalue weighted by Crippen LogP contribution is -2.40. The molecule has 1 unspecified atom stereocenters. The first kappa shape index (κ1) is 16.0. The fourth-order valence-corrected chi connectivity index (χ4v) is 3.14. The maximum atomic E-state index is 3.32.